The summed E-state index contributed by atoms with van der Waals surface area (Å²) in [7, 11) is 0. The van der Waals surface area contributed by atoms with Crippen LogP contribution >= 0.6 is 11.3 Å². The number of amides is 2. The smallest absolute Gasteiger partial charge is 0.410 e. The van der Waals surface area contributed by atoms with Crippen molar-refractivity contribution in [1.29, 1.82) is 0 Å². The highest BCUT2D eigenvalue weighted by atomic mass is 32.1. The number of ether oxygens (including phenoxy) is 1. The lowest BCUT2D eigenvalue weighted by Crippen LogP contribution is -2.47. The Balaban J connectivity index is 1.46. The van der Waals surface area contributed by atoms with Gasteiger partial charge in [0.2, 0.25) is 0 Å². The Morgan fingerprint density at radius 2 is 1.83 bits per heavy atom. The van der Waals surface area contributed by atoms with Gasteiger partial charge in [0.05, 0.1) is 4.88 Å². The average molecular weight is 330 g/mol. The molecule has 0 aliphatic carbocycles. The van der Waals surface area contributed by atoms with E-state index in [2.05, 4.69) is 5.32 Å². The highest BCUT2D eigenvalue weighted by molar-refractivity contribution is 7.12. The quantitative estimate of drug-likeness (QED) is 0.940. The summed E-state index contributed by atoms with van der Waals surface area (Å²) in [5.74, 6) is 0.598. The van der Waals surface area contributed by atoms with Crippen LogP contribution in [0.25, 0.3) is 0 Å². The van der Waals surface area contributed by atoms with E-state index < -0.39 is 6.09 Å². The van der Waals surface area contributed by atoms with Gasteiger partial charge < -0.3 is 15.0 Å². The predicted octanol–water partition coefficient (Wildman–Crippen LogP) is 3.14. The van der Waals surface area contributed by atoms with Crippen LogP contribution in [0.5, 0.6) is 5.75 Å². The van der Waals surface area contributed by atoms with E-state index >= 15 is 0 Å². The van der Waals surface area contributed by atoms with Gasteiger partial charge in [0.25, 0.3) is 5.91 Å². The summed E-state index contributed by atoms with van der Waals surface area (Å²) < 4.78 is 5.22. The maximum atomic E-state index is 12.3. The second kappa shape index (κ2) is 7.28. The highest BCUT2D eigenvalue weighted by Crippen LogP contribution is 2.17. The first kappa shape index (κ1) is 15.6. The first-order valence-corrected chi connectivity index (χ1v) is 8.46. The SMILES string of the molecule is O=C(NC1CCN(C(=O)c2cccs2)CC1)Oc1ccccc1. The van der Waals surface area contributed by atoms with Gasteiger partial charge in [0, 0.05) is 19.1 Å². The number of nitrogens with zero attached hydrogens (tertiary/aromatic N) is 1. The van der Waals surface area contributed by atoms with Gasteiger partial charge in [-0.25, -0.2) is 4.79 Å². The van der Waals surface area contributed by atoms with Crippen molar-refractivity contribution in [3.63, 3.8) is 0 Å². The summed E-state index contributed by atoms with van der Waals surface area (Å²) in [5.41, 5.74) is 0. The molecule has 6 heteroatoms. The zero-order chi connectivity index (χ0) is 16.1. The molecule has 2 heterocycles. The lowest BCUT2D eigenvalue weighted by molar-refractivity contribution is 0.0711. The Hall–Kier alpha value is -2.34. The molecule has 1 aromatic heterocycles. The van der Waals surface area contributed by atoms with E-state index in [-0.39, 0.29) is 11.9 Å². The third-order valence-corrected chi connectivity index (χ3v) is 4.65. The third kappa shape index (κ3) is 4.10. The van der Waals surface area contributed by atoms with Crippen LogP contribution in [0, 0.1) is 0 Å². The maximum Gasteiger partial charge on any atom is 0.412 e. The molecule has 1 aliphatic rings. The van der Waals surface area contributed by atoms with Gasteiger partial charge in [0.15, 0.2) is 0 Å². The Kier molecular flexibility index (Phi) is 4.92. The number of carbonyl (C=O) groups excluding carboxylic acids is 2. The normalized spacial score (nSPS) is 15.2. The standard InChI is InChI=1S/C17H18N2O3S/c20-16(15-7-4-12-23-15)19-10-8-13(9-11-19)18-17(21)22-14-5-2-1-3-6-14/h1-7,12-13H,8-11H2,(H,18,21). The molecule has 120 valence electrons. The van der Waals surface area contributed by atoms with E-state index in [0.717, 1.165) is 17.7 Å². The molecule has 2 amide bonds. The topological polar surface area (TPSA) is 58.6 Å². The average Bonchev–Trinajstić information content (AvgIpc) is 3.10. The van der Waals surface area contributed by atoms with Gasteiger partial charge >= 0.3 is 6.09 Å². The summed E-state index contributed by atoms with van der Waals surface area (Å²) in [6.07, 6.45) is 1.03. The molecule has 0 spiro atoms. The summed E-state index contributed by atoms with van der Waals surface area (Å²) in [6.45, 7) is 1.29. The Bertz CT molecular complexity index is 650. The van der Waals surface area contributed by atoms with Crippen molar-refractivity contribution in [2.75, 3.05) is 13.1 Å². The van der Waals surface area contributed by atoms with Gasteiger partial charge in [-0.15, -0.1) is 11.3 Å². The largest absolute Gasteiger partial charge is 0.412 e. The molecule has 1 fully saturated rings. The number of carbonyl (C=O) groups is 2. The van der Waals surface area contributed by atoms with Crippen molar-refractivity contribution in [2.24, 2.45) is 0 Å². The highest BCUT2D eigenvalue weighted by Gasteiger charge is 2.25. The van der Waals surface area contributed by atoms with Crippen LogP contribution in [0.15, 0.2) is 47.8 Å². The zero-order valence-electron chi connectivity index (χ0n) is 12.6. The summed E-state index contributed by atoms with van der Waals surface area (Å²) in [6, 6.07) is 12.7. The summed E-state index contributed by atoms with van der Waals surface area (Å²) >= 11 is 1.46. The van der Waals surface area contributed by atoms with Crippen LogP contribution < -0.4 is 10.1 Å². The minimum atomic E-state index is -0.445. The number of likely N-dealkylation sites (tertiary alicyclic amines) is 1. The van der Waals surface area contributed by atoms with Crippen LogP contribution in [-0.2, 0) is 0 Å². The molecular weight excluding hydrogens is 312 g/mol. The summed E-state index contributed by atoms with van der Waals surface area (Å²) in [5, 5.41) is 4.77. The number of para-hydroxylation sites is 1. The van der Waals surface area contributed by atoms with Crippen LogP contribution in [0.2, 0.25) is 0 Å². The van der Waals surface area contributed by atoms with Crippen molar-refractivity contribution in [2.45, 2.75) is 18.9 Å². The van der Waals surface area contributed by atoms with Crippen molar-refractivity contribution >= 4 is 23.3 Å². The predicted molar refractivity (Wildman–Crippen MR) is 88.8 cm³/mol. The number of benzene rings is 1. The Labute approximate surface area is 138 Å². The van der Waals surface area contributed by atoms with Gasteiger partial charge in [-0.1, -0.05) is 24.3 Å². The monoisotopic (exact) mass is 330 g/mol. The molecule has 1 N–H and O–H groups in total. The first-order valence-electron chi connectivity index (χ1n) is 7.58. The van der Waals surface area contributed by atoms with Gasteiger partial charge in [0.1, 0.15) is 5.75 Å². The zero-order valence-corrected chi connectivity index (χ0v) is 13.4. The van der Waals surface area contributed by atoms with Gasteiger partial charge in [-0.3, -0.25) is 4.79 Å². The molecule has 0 bridgehead atoms. The molecule has 23 heavy (non-hydrogen) atoms. The molecule has 2 aromatic rings. The molecule has 5 nitrogen and oxygen atoms in total. The maximum absolute atomic E-state index is 12.3. The molecular formula is C17H18N2O3S. The van der Waals surface area contributed by atoms with Crippen LogP contribution in [0.3, 0.4) is 0 Å². The lowest BCUT2D eigenvalue weighted by atomic mass is 10.1. The molecule has 0 radical (unpaired) electrons. The number of hydrogen-bond donors (Lipinski definition) is 1. The van der Waals surface area contributed by atoms with Crippen molar-refractivity contribution in [1.82, 2.24) is 10.2 Å². The molecule has 1 saturated heterocycles. The fraction of sp³-hybridized carbons (Fsp3) is 0.294. The van der Waals surface area contributed by atoms with Crippen LogP contribution in [0.1, 0.15) is 22.5 Å². The minimum Gasteiger partial charge on any atom is -0.410 e. The van der Waals surface area contributed by atoms with Crippen LogP contribution in [0.4, 0.5) is 4.79 Å². The third-order valence-electron chi connectivity index (χ3n) is 3.79. The van der Waals surface area contributed by atoms with E-state index in [1.54, 1.807) is 12.1 Å². The Morgan fingerprint density at radius 1 is 1.09 bits per heavy atom. The van der Waals surface area contributed by atoms with Gasteiger partial charge in [-0.05, 0) is 36.4 Å². The van der Waals surface area contributed by atoms with E-state index in [9.17, 15) is 9.59 Å². The van der Waals surface area contributed by atoms with E-state index in [4.69, 9.17) is 4.74 Å². The number of hydrogen-bond acceptors (Lipinski definition) is 4. The van der Waals surface area contributed by atoms with E-state index in [0.29, 0.717) is 18.8 Å². The first-order chi connectivity index (χ1) is 11.2. The molecule has 0 saturated carbocycles. The fourth-order valence-electron chi connectivity index (χ4n) is 2.57. The molecule has 3 rings (SSSR count). The number of rotatable bonds is 3. The fourth-order valence-corrected chi connectivity index (χ4v) is 3.27. The number of nitrogens with one attached hydrogen (secondary N) is 1. The van der Waals surface area contributed by atoms with Crippen molar-refractivity contribution < 1.29 is 14.3 Å². The second-order valence-corrected chi connectivity index (χ2v) is 6.34. The summed E-state index contributed by atoms with van der Waals surface area (Å²) in [4.78, 5) is 26.7. The van der Waals surface area contributed by atoms with E-state index in [1.165, 1.54) is 11.3 Å². The minimum absolute atomic E-state index is 0.0404. The van der Waals surface area contributed by atoms with E-state index in [1.807, 2.05) is 40.6 Å². The van der Waals surface area contributed by atoms with Crippen LogP contribution in [-0.4, -0.2) is 36.0 Å². The second-order valence-electron chi connectivity index (χ2n) is 5.39. The van der Waals surface area contributed by atoms with Crippen molar-refractivity contribution in [3.8, 4) is 5.75 Å². The molecule has 0 atom stereocenters. The molecule has 1 aromatic carbocycles. The Morgan fingerprint density at radius 3 is 2.48 bits per heavy atom. The lowest BCUT2D eigenvalue weighted by Gasteiger charge is -2.31. The van der Waals surface area contributed by atoms with Gasteiger partial charge in [-0.2, -0.15) is 0 Å². The van der Waals surface area contributed by atoms with Crippen molar-refractivity contribution in [3.05, 3.63) is 52.7 Å². The number of thiophene rings is 1. The molecule has 0 unspecified atom stereocenters. The number of piperidine rings is 1. The molecule has 1 aliphatic heterocycles.